The Bertz CT molecular complexity index is 1060. The van der Waals surface area contributed by atoms with Crippen LogP contribution in [0.3, 0.4) is 0 Å². The van der Waals surface area contributed by atoms with Crippen LogP contribution in [0.5, 0.6) is 0 Å². The summed E-state index contributed by atoms with van der Waals surface area (Å²) in [6.45, 7) is 0. The van der Waals surface area contributed by atoms with Gasteiger partial charge in [0.25, 0.3) is 0 Å². The molecule has 0 aliphatic carbocycles. The third kappa shape index (κ3) is 2.82. The molecule has 0 aliphatic heterocycles. The monoisotopic (exact) mass is 310 g/mol. The molecule has 0 aromatic heterocycles. The molecular weight excluding hydrogens is 296 g/mol. The van der Waals surface area contributed by atoms with Crippen LogP contribution < -0.4 is 0 Å². The van der Waals surface area contributed by atoms with Crippen LogP contribution >= 0.6 is 12.6 Å². The molecule has 0 radical (unpaired) electrons. The van der Waals surface area contributed by atoms with Gasteiger partial charge in [-0.15, -0.1) is 12.6 Å². The predicted octanol–water partition coefficient (Wildman–Crippen LogP) is 5.68. The second kappa shape index (κ2) is 5.83. The molecule has 0 unspecified atom stereocenters. The normalized spacial score (nSPS) is 10.5. The third-order valence-corrected chi connectivity index (χ3v) is 4.25. The molecule has 0 amide bonds. The van der Waals surface area contributed by atoms with Crippen molar-refractivity contribution in [2.45, 2.75) is 4.90 Å². The minimum atomic E-state index is 0.951. The molecule has 0 spiro atoms. The minimum Gasteiger partial charge on any atom is -0.143 e. The fourth-order valence-corrected chi connectivity index (χ4v) is 2.91. The minimum absolute atomic E-state index is 0.951. The first-order chi connectivity index (χ1) is 11.3. The summed E-state index contributed by atoms with van der Waals surface area (Å²) < 4.78 is 0. The van der Waals surface area contributed by atoms with Gasteiger partial charge in [0.15, 0.2) is 0 Å². The fourth-order valence-electron chi connectivity index (χ4n) is 2.76. The van der Waals surface area contributed by atoms with Gasteiger partial charge in [-0.2, -0.15) is 0 Å². The summed E-state index contributed by atoms with van der Waals surface area (Å²) in [6, 6.07) is 27.1. The first-order valence-corrected chi connectivity index (χ1v) is 7.97. The van der Waals surface area contributed by atoms with Crippen molar-refractivity contribution in [3.8, 4) is 11.8 Å². The molecule has 0 saturated heterocycles. The highest BCUT2D eigenvalue weighted by Gasteiger charge is 2.01. The Labute approximate surface area is 141 Å². The Kier molecular flexibility index (Phi) is 3.54. The summed E-state index contributed by atoms with van der Waals surface area (Å²) in [5.41, 5.74) is 2.06. The highest BCUT2D eigenvalue weighted by molar-refractivity contribution is 7.80. The molecule has 0 atom stereocenters. The lowest BCUT2D eigenvalue weighted by Gasteiger charge is -2.04. The topological polar surface area (TPSA) is 0 Å². The van der Waals surface area contributed by atoms with Crippen LogP contribution in [-0.2, 0) is 0 Å². The van der Waals surface area contributed by atoms with Crippen molar-refractivity contribution >= 4 is 34.2 Å². The second-order valence-electron chi connectivity index (χ2n) is 5.52. The van der Waals surface area contributed by atoms with Crippen molar-refractivity contribution in [1.29, 1.82) is 0 Å². The molecule has 4 aromatic carbocycles. The summed E-state index contributed by atoms with van der Waals surface area (Å²) in [5, 5.41) is 4.92. The Morgan fingerprint density at radius 2 is 1.30 bits per heavy atom. The van der Waals surface area contributed by atoms with Crippen LogP contribution in [0.4, 0.5) is 0 Å². The quantitative estimate of drug-likeness (QED) is 0.241. The van der Waals surface area contributed by atoms with Crippen molar-refractivity contribution < 1.29 is 0 Å². The molecule has 4 aromatic rings. The van der Waals surface area contributed by atoms with Gasteiger partial charge in [0, 0.05) is 16.0 Å². The molecule has 1 heteroatoms. The van der Waals surface area contributed by atoms with Gasteiger partial charge in [0.1, 0.15) is 0 Å². The first kappa shape index (κ1) is 13.9. The molecule has 0 aliphatic rings. The molecule has 0 nitrogen and oxygen atoms in total. The summed E-state index contributed by atoms with van der Waals surface area (Å²) in [5.74, 6) is 6.56. The van der Waals surface area contributed by atoms with Gasteiger partial charge in [-0.3, -0.25) is 0 Å². The lowest BCUT2D eigenvalue weighted by atomic mass is 10.00. The molecule has 0 heterocycles. The van der Waals surface area contributed by atoms with E-state index in [0.717, 1.165) is 16.0 Å². The van der Waals surface area contributed by atoms with Crippen molar-refractivity contribution in [2.24, 2.45) is 0 Å². The first-order valence-electron chi connectivity index (χ1n) is 7.52. The van der Waals surface area contributed by atoms with Gasteiger partial charge in [-0.25, -0.2) is 0 Å². The Balaban J connectivity index is 1.87. The SMILES string of the molecule is Sc1ccc(C#Cc2cccc3cc4ccccc4cc23)cc1. The largest absolute Gasteiger partial charge is 0.143 e. The predicted molar refractivity (Wildman–Crippen MR) is 101 cm³/mol. The number of rotatable bonds is 0. The molecule has 0 N–H and O–H groups in total. The van der Waals surface area contributed by atoms with Gasteiger partial charge in [0.2, 0.25) is 0 Å². The van der Waals surface area contributed by atoms with E-state index in [1.807, 2.05) is 24.3 Å². The van der Waals surface area contributed by atoms with Crippen LogP contribution in [0.25, 0.3) is 21.5 Å². The number of thiol groups is 1. The second-order valence-corrected chi connectivity index (χ2v) is 6.04. The molecule has 4 rings (SSSR count). The van der Waals surface area contributed by atoms with Gasteiger partial charge in [0.05, 0.1) is 0 Å². The fraction of sp³-hybridized carbons (Fsp3) is 0. The molecule has 23 heavy (non-hydrogen) atoms. The van der Waals surface area contributed by atoms with Crippen molar-refractivity contribution in [3.63, 3.8) is 0 Å². The highest BCUT2D eigenvalue weighted by atomic mass is 32.1. The summed E-state index contributed by atoms with van der Waals surface area (Å²) in [6.07, 6.45) is 0. The van der Waals surface area contributed by atoms with Gasteiger partial charge < -0.3 is 0 Å². The van der Waals surface area contributed by atoms with E-state index in [1.165, 1.54) is 21.5 Å². The Morgan fingerprint density at radius 3 is 2.09 bits per heavy atom. The summed E-state index contributed by atoms with van der Waals surface area (Å²) >= 11 is 4.30. The third-order valence-electron chi connectivity index (χ3n) is 3.96. The highest BCUT2D eigenvalue weighted by Crippen LogP contribution is 2.25. The number of fused-ring (bicyclic) bond motifs is 2. The Hall–Kier alpha value is -2.69. The molecular formula is C22H14S. The van der Waals surface area contributed by atoms with Crippen LogP contribution in [0.1, 0.15) is 11.1 Å². The van der Waals surface area contributed by atoms with E-state index in [-0.39, 0.29) is 0 Å². The maximum atomic E-state index is 4.30. The Morgan fingerprint density at radius 1 is 0.609 bits per heavy atom. The number of hydrogen-bond donors (Lipinski definition) is 1. The average molecular weight is 310 g/mol. The van der Waals surface area contributed by atoms with E-state index < -0.39 is 0 Å². The van der Waals surface area contributed by atoms with E-state index in [9.17, 15) is 0 Å². The number of hydrogen-bond acceptors (Lipinski definition) is 1. The number of benzene rings is 4. The lowest BCUT2D eigenvalue weighted by Crippen LogP contribution is -1.82. The van der Waals surface area contributed by atoms with E-state index in [0.29, 0.717) is 0 Å². The van der Waals surface area contributed by atoms with Crippen LogP contribution in [0.2, 0.25) is 0 Å². The van der Waals surface area contributed by atoms with Crippen molar-refractivity contribution in [1.82, 2.24) is 0 Å². The van der Waals surface area contributed by atoms with Crippen molar-refractivity contribution in [2.75, 3.05) is 0 Å². The van der Waals surface area contributed by atoms with Crippen LogP contribution in [0.15, 0.2) is 83.8 Å². The summed E-state index contributed by atoms with van der Waals surface area (Å²) in [4.78, 5) is 0.951. The van der Waals surface area contributed by atoms with E-state index in [1.54, 1.807) is 0 Å². The lowest BCUT2D eigenvalue weighted by molar-refractivity contribution is 1.46. The average Bonchev–Trinajstić information content (AvgIpc) is 2.59. The molecule has 108 valence electrons. The molecule has 0 fully saturated rings. The van der Waals surface area contributed by atoms with Gasteiger partial charge >= 0.3 is 0 Å². The standard InChI is InChI=1S/C22H14S/c23-21-12-9-16(10-13-21)8-11-17-6-3-7-20-14-18-4-1-2-5-19(18)15-22(17)20/h1-7,9-10,12-15,23H. The van der Waals surface area contributed by atoms with Crippen LogP contribution in [0, 0.1) is 11.8 Å². The van der Waals surface area contributed by atoms with Gasteiger partial charge in [-0.05, 0) is 64.0 Å². The summed E-state index contributed by atoms with van der Waals surface area (Å²) in [7, 11) is 0. The van der Waals surface area contributed by atoms with Crippen molar-refractivity contribution in [3.05, 3.63) is 90.0 Å². The smallest absolute Gasteiger partial charge is 0.0327 e. The molecule has 0 bridgehead atoms. The van der Waals surface area contributed by atoms with E-state index >= 15 is 0 Å². The zero-order valence-corrected chi connectivity index (χ0v) is 13.3. The van der Waals surface area contributed by atoms with E-state index in [2.05, 4.69) is 79.1 Å². The molecule has 0 saturated carbocycles. The maximum Gasteiger partial charge on any atom is 0.0327 e. The van der Waals surface area contributed by atoms with Gasteiger partial charge in [-0.1, -0.05) is 48.2 Å². The zero-order valence-electron chi connectivity index (χ0n) is 12.5. The zero-order chi connectivity index (χ0) is 15.6. The van der Waals surface area contributed by atoms with E-state index in [4.69, 9.17) is 0 Å². The van der Waals surface area contributed by atoms with Crippen LogP contribution in [-0.4, -0.2) is 0 Å². The maximum absolute atomic E-state index is 4.30.